The molecule has 0 N–H and O–H groups in total. The molecule has 0 aromatic heterocycles. The number of benzene rings is 1. The fourth-order valence-corrected chi connectivity index (χ4v) is 3.68. The van der Waals surface area contributed by atoms with Crippen LogP contribution in [0.1, 0.15) is 24.8 Å². The van der Waals surface area contributed by atoms with Gasteiger partial charge in [0.2, 0.25) is 0 Å². The molecule has 1 heterocycles. The van der Waals surface area contributed by atoms with Crippen molar-refractivity contribution in [3.05, 3.63) is 35.9 Å². The van der Waals surface area contributed by atoms with Crippen molar-refractivity contribution in [1.29, 1.82) is 0 Å². The highest BCUT2D eigenvalue weighted by Gasteiger charge is 2.42. The first-order valence-corrected chi connectivity index (χ1v) is 9.06. The average molecular weight is 365 g/mol. The predicted octanol–water partition coefficient (Wildman–Crippen LogP) is 2.60. The van der Waals surface area contributed by atoms with Gasteiger partial charge >= 0.3 is 11.9 Å². The lowest BCUT2D eigenvalue weighted by Gasteiger charge is -2.31. The highest BCUT2D eigenvalue weighted by molar-refractivity contribution is 8.14. The van der Waals surface area contributed by atoms with Crippen LogP contribution in [0.4, 0.5) is 0 Å². The molecular weight excluding hydrogens is 342 g/mol. The molecule has 2 rings (SSSR count). The number of hydrogen-bond acceptors (Lipinski definition) is 7. The molecular formula is C18H23NO5S. The van der Waals surface area contributed by atoms with Crippen LogP contribution in [0.5, 0.6) is 0 Å². The quantitative estimate of drug-likeness (QED) is 0.659. The number of esters is 2. The van der Waals surface area contributed by atoms with Gasteiger partial charge in [0.15, 0.2) is 5.54 Å². The lowest BCUT2D eigenvalue weighted by atomic mass is 9.91. The molecule has 1 aromatic carbocycles. The summed E-state index contributed by atoms with van der Waals surface area (Å²) in [5.74, 6) is -0.0556. The van der Waals surface area contributed by atoms with E-state index in [1.165, 1.54) is 14.2 Å². The molecule has 0 amide bonds. The summed E-state index contributed by atoms with van der Waals surface area (Å²) in [6, 6.07) is 9.85. The summed E-state index contributed by atoms with van der Waals surface area (Å²) in [5.41, 5.74) is 0.0495. The van der Waals surface area contributed by atoms with Gasteiger partial charge in [-0.3, -0.25) is 9.79 Å². The Morgan fingerprint density at radius 2 is 1.92 bits per heavy atom. The minimum absolute atomic E-state index is 0.123. The van der Waals surface area contributed by atoms with Gasteiger partial charge in [-0.05, 0) is 18.4 Å². The second kappa shape index (κ2) is 9.58. The number of rotatable bonds is 8. The van der Waals surface area contributed by atoms with Crippen molar-refractivity contribution in [1.82, 2.24) is 0 Å². The molecule has 0 aliphatic carbocycles. The Labute approximate surface area is 151 Å². The van der Waals surface area contributed by atoms with Gasteiger partial charge in [-0.2, -0.15) is 0 Å². The maximum absolute atomic E-state index is 12.3. The first kappa shape index (κ1) is 19.5. The van der Waals surface area contributed by atoms with Crippen molar-refractivity contribution in [3.63, 3.8) is 0 Å². The lowest BCUT2D eigenvalue weighted by Crippen LogP contribution is -2.42. The molecule has 136 valence electrons. The lowest BCUT2D eigenvalue weighted by molar-refractivity contribution is -0.148. The minimum Gasteiger partial charge on any atom is -0.469 e. The van der Waals surface area contributed by atoms with Crippen LogP contribution >= 0.6 is 11.8 Å². The number of aliphatic imine (C=N–C) groups is 1. The fourth-order valence-electron chi connectivity index (χ4n) is 2.60. The zero-order valence-corrected chi connectivity index (χ0v) is 15.3. The third kappa shape index (κ3) is 5.57. The Kier molecular flexibility index (Phi) is 7.46. The van der Waals surface area contributed by atoms with E-state index in [1.54, 1.807) is 11.8 Å². The summed E-state index contributed by atoms with van der Waals surface area (Å²) < 4.78 is 15.3. The Morgan fingerprint density at radius 1 is 1.16 bits per heavy atom. The van der Waals surface area contributed by atoms with Gasteiger partial charge in [0.25, 0.3) is 0 Å². The van der Waals surface area contributed by atoms with E-state index >= 15 is 0 Å². The molecule has 1 aliphatic heterocycles. The highest BCUT2D eigenvalue weighted by atomic mass is 32.2. The van der Waals surface area contributed by atoms with Crippen LogP contribution in [0.25, 0.3) is 0 Å². The zero-order chi connectivity index (χ0) is 18.1. The maximum Gasteiger partial charge on any atom is 0.333 e. The number of carbonyl (C=O) groups is 2. The number of methoxy groups -OCH3 is 2. The zero-order valence-electron chi connectivity index (χ0n) is 14.5. The normalized spacial score (nSPS) is 19.8. The fraction of sp³-hybridized carbons (Fsp3) is 0.500. The number of ether oxygens (including phenoxy) is 3. The summed E-state index contributed by atoms with van der Waals surface area (Å²) in [6.07, 6.45) is 0.927. The van der Waals surface area contributed by atoms with Gasteiger partial charge in [-0.25, -0.2) is 4.79 Å². The van der Waals surface area contributed by atoms with Gasteiger partial charge in [0.1, 0.15) is 0 Å². The van der Waals surface area contributed by atoms with Crippen LogP contribution in [-0.4, -0.2) is 49.1 Å². The molecule has 1 aliphatic rings. The number of nitrogens with zero attached hydrogens (tertiary/aromatic N) is 1. The van der Waals surface area contributed by atoms with Crippen molar-refractivity contribution in [3.8, 4) is 0 Å². The van der Waals surface area contributed by atoms with Crippen molar-refractivity contribution < 1.29 is 23.8 Å². The van der Waals surface area contributed by atoms with E-state index in [0.29, 0.717) is 19.6 Å². The number of thioether (sulfide) groups is 1. The van der Waals surface area contributed by atoms with E-state index in [-0.39, 0.29) is 18.8 Å². The average Bonchev–Trinajstić information content (AvgIpc) is 2.66. The van der Waals surface area contributed by atoms with Crippen LogP contribution in [0.2, 0.25) is 0 Å². The number of hydrogen-bond donors (Lipinski definition) is 0. The molecule has 1 unspecified atom stereocenters. The summed E-state index contributed by atoms with van der Waals surface area (Å²) in [4.78, 5) is 28.4. The Balaban J connectivity index is 2.02. The number of carbonyl (C=O) groups excluding carboxylic acids is 2. The topological polar surface area (TPSA) is 74.2 Å². The Bertz CT molecular complexity index is 619. The van der Waals surface area contributed by atoms with Crippen LogP contribution in [-0.2, 0) is 30.4 Å². The SMILES string of the molecule is COC(=O)CCC1(C(=O)OC)CCSC(COCc2ccccc2)=N1. The van der Waals surface area contributed by atoms with Crippen LogP contribution in [0.3, 0.4) is 0 Å². The van der Waals surface area contributed by atoms with Crippen LogP contribution in [0, 0.1) is 0 Å². The monoisotopic (exact) mass is 365 g/mol. The van der Waals surface area contributed by atoms with Crippen LogP contribution in [0.15, 0.2) is 35.3 Å². The highest BCUT2D eigenvalue weighted by Crippen LogP contribution is 2.32. The standard InChI is InChI=1S/C18H23NO5S/c1-22-16(20)8-9-18(17(21)23-2)10-11-25-15(19-18)13-24-12-14-6-4-3-5-7-14/h3-7H,8-13H2,1-2H3. The first-order valence-electron chi connectivity index (χ1n) is 8.08. The predicted molar refractivity (Wildman–Crippen MR) is 96.6 cm³/mol. The Hall–Kier alpha value is -1.86. The molecule has 0 fully saturated rings. The molecule has 0 radical (unpaired) electrons. The molecule has 7 heteroatoms. The minimum atomic E-state index is -1.03. The molecule has 0 saturated carbocycles. The van der Waals surface area contributed by atoms with Crippen molar-refractivity contribution >= 4 is 28.7 Å². The second-order valence-electron chi connectivity index (χ2n) is 5.68. The van der Waals surface area contributed by atoms with Crippen molar-refractivity contribution in [2.45, 2.75) is 31.4 Å². The summed E-state index contributed by atoms with van der Waals surface area (Å²) >= 11 is 1.57. The van der Waals surface area contributed by atoms with E-state index in [4.69, 9.17) is 9.47 Å². The van der Waals surface area contributed by atoms with E-state index in [1.807, 2.05) is 30.3 Å². The molecule has 0 bridgehead atoms. The molecule has 1 aromatic rings. The van der Waals surface area contributed by atoms with Crippen molar-refractivity contribution in [2.75, 3.05) is 26.6 Å². The third-order valence-corrected chi connectivity index (χ3v) is 4.95. The van der Waals surface area contributed by atoms with Gasteiger partial charge in [0, 0.05) is 12.2 Å². The van der Waals surface area contributed by atoms with E-state index < -0.39 is 11.5 Å². The molecule has 0 saturated heterocycles. The molecule has 0 spiro atoms. The van der Waals surface area contributed by atoms with Gasteiger partial charge in [0.05, 0.1) is 32.5 Å². The molecule has 25 heavy (non-hydrogen) atoms. The molecule has 1 atom stereocenters. The molecule has 6 nitrogen and oxygen atoms in total. The summed E-state index contributed by atoms with van der Waals surface area (Å²) in [6.45, 7) is 0.810. The van der Waals surface area contributed by atoms with E-state index in [9.17, 15) is 9.59 Å². The van der Waals surface area contributed by atoms with Gasteiger partial charge in [-0.1, -0.05) is 30.3 Å². The third-order valence-electron chi connectivity index (χ3n) is 4.00. The van der Waals surface area contributed by atoms with Gasteiger partial charge < -0.3 is 14.2 Å². The first-order chi connectivity index (χ1) is 12.1. The van der Waals surface area contributed by atoms with Gasteiger partial charge in [-0.15, -0.1) is 11.8 Å². The second-order valence-corrected chi connectivity index (χ2v) is 6.85. The largest absolute Gasteiger partial charge is 0.469 e. The van der Waals surface area contributed by atoms with Crippen molar-refractivity contribution in [2.24, 2.45) is 4.99 Å². The summed E-state index contributed by atoms with van der Waals surface area (Å²) in [7, 11) is 2.67. The summed E-state index contributed by atoms with van der Waals surface area (Å²) in [5, 5.41) is 0.748. The van der Waals surface area contributed by atoms with E-state index in [2.05, 4.69) is 9.73 Å². The Morgan fingerprint density at radius 3 is 2.60 bits per heavy atom. The van der Waals surface area contributed by atoms with E-state index in [0.717, 1.165) is 16.4 Å². The smallest absolute Gasteiger partial charge is 0.333 e. The van der Waals surface area contributed by atoms with Crippen LogP contribution < -0.4 is 0 Å². The maximum atomic E-state index is 12.3.